The molecular formula is C25H21Br2N3O4S. The van der Waals surface area contributed by atoms with Gasteiger partial charge in [0, 0.05) is 17.8 Å². The van der Waals surface area contributed by atoms with Crippen LogP contribution in [0.1, 0.15) is 23.6 Å². The van der Waals surface area contributed by atoms with Crippen molar-refractivity contribution in [2.75, 3.05) is 5.32 Å². The standard InChI is InChI=1S/C25H21Br2N3O4S/c1-2-15-6-8-18(9-7-15)28-25-29-24(31)22(35-25)13-17-11-20(26)23(21(27)12-17)34-14-16-4-3-5-19(10-16)30(32)33/h3-13,25,28H,2,14H2,1H3,(H,29,31)/b22-13-/t25-/m0/s1. The smallest absolute Gasteiger partial charge is 0.269 e. The van der Waals surface area contributed by atoms with E-state index in [1.807, 2.05) is 30.3 Å². The molecule has 1 saturated heterocycles. The van der Waals surface area contributed by atoms with E-state index in [9.17, 15) is 14.9 Å². The first-order chi connectivity index (χ1) is 16.8. The molecule has 2 N–H and O–H groups in total. The molecule has 1 atom stereocenters. The van der Waals surface area contributed by atoms with Crippen LogP contribution in [0.15, 0.2) is 74.5 Å². The predicted octanol–water partition coefficient (Wildman–Crippen LogP) is 6.86. The number of ether oxygens (including phenoxy) is 1. The van der Waals surface area contributed by atoms with Gasteiger partial charge in [-0.2, -0.15) is 0 Å². The monoisotopic (exact) mass is 617 g/mol. The first-order valence-electron chi connectivity index (χ1n) is 10.7. The van der Waals surface area contributed by atoms with Gasteiger partial charge in [-0.3, -0.25) is 14.9 Å². The van der Waals surface area contributed by atoms with Gasteiger partial charge in [0.2, 0.25) is 0 Å². The van der Waals surface area contributed by atoms with Gasteiger partial charge in [0.1, 0.15) is 12.4 Å². The van der Waals surface area contributed by atoms with Crippen LogP contribution in [0.4, 0.5) is 11.4 Å². The summed E-state index contributed by atoms with van der Waals surface area (Å²) in [5.74, 6) is 0.424. The predicted molar refractivity (Wildman–Crippen MR) is 146 cm³/mol. The van der Waals surface area contributed by atoms with E-state index < -0.39 is 4.92 Å². The number of anilines is 1. The van der Waals surface area contributed by atoms with E-state index in [-0.39, 0.29) is 23.7 Å². The fourth-order valence-electron chi connectivity index (χ4n) is 3.42. The minimum absolute atomic E-state index is 0.0179. The second kappa shape index (κ2) is 11.3. The first kappa shape index (κ1) is 25.3. The molecule has 0 saturated carbocycles. The Morgan fingerprint density at radius 1 is 1.11 bits per heavy atom. The molecule has 1 aliphatic rings. The molecule has 3 aromatic rings. The van der Waals surface area contributed by atoms with Crippen LogP contribution in [0.3, 0.4) is 0 Å². The van der Waals surface area contributed by atoms with Crippen LogP contribution >= 0.6 is 43.6 Å². The molecule has 1 heterocycles. The fourth-order valence-corrected chi connectivity index (χ4v) is 5.86. The second-order valence-electron chi connectivity index (χ2n) is 7.70. The van der Waals surface area contributed by atoms with Gasteiger partial charge in [0.05, 0.1) is 18.8 Å². The van der Waals surface area contributed by atoms with Crippen molar-refractivity contribution in [2.24, 2.45) is 0 Å². The van der Waals surface area contributed by atoms with Crippen LogP contribution in [-0.4, -0.2) is 16.3 Å². The van der Waals surface area contributed by atoms with E-state index in [4.69, 9.17) is 4.74 Å². The van der Waals surface area contributed by atoms with Crippen molar-refractivity contribution in [1.82, 2.24) is 5.32 Å². The average molecular weight is 619 g/mol. The summed E-state index contributed by atoms with van der Waals surface area (Å²) < 4.78 is 7.29. The largest absolute Gasteiger partial charge is 0.487 e. The molecule has 1 aliphatic heterocycles. The summed E-state index contributed by atoms with van der Waals surface area (Å²) in [5.41, 5.74) is 3.46. The lowest BCUT2D eigenvalue weighted by atomic mass is 10.1. The van der Waals surface area contributed by atoms with E-state index >= 15 is 0 Å². The molecule has 1 amide bonds. The number of non-ortho nitro benzene ring substituents is 1. The molecule has 0 radical (unpaired) electrons. The molecule has 7 nitrogen and oxygen atoms in total. The minimum atomic E-state index is -0.434. The number of carbonyl (C=O) groups is 1. The summed E-state index contributed by atoms with van der Waals surface area (Å²) in [6.07, 6.45) is 2.80. The van der Waals surface area contributed by atoms with Crippen molar-refractivity contribution in [3.05, 3.63) is 101 Å². The van der Waals surface area contributed by atoms with Gasteiger partial charge in [-0.25, -0.2) is 0 Å². The molecular weight excluding hydrogens is 598 g/mol. The van der Waals surface area contributed by atoms with E-state index in [2.05, 4.69) is 61.5 Å². The van der Waals surface area contributed by atoms with Crippen LogP contribution in [0.2, 0.25) is 0 Å². The maximum atomic E-state index is 12.5. The van der Waals surface area contributed by atoms with Crippen LogP contribution in [0.5, 0.6) is 5.75 Å². The average Bonchev–Trinajstić information content (AvgIpc) is 3.17. The molecule has 35 heavy (non-hydrogen) atoms. The zero-order valence-corrected chi connectivity index (χ0v) is 22.6. The number of hydrogen-bond donors (Lipinski definition) is 2. The number of rotatable bonds is 8. The Balaban J connectivity index is 1.43. The summed E-state index contributed by atoms with van der Waals surface area (Å²) >= 11 is 8.48. The molecule has 3 aromatic carbocycles. The van der Waals surface area contributed by atoms with Crippen molar-refractivity contribution in [3.63, 3.8) is 0 Å². The van der Waals surface area contributed by atoms with Crippen molar-refractivity contribution in [2.45, 2.75) is 25.4 Å². The second-order valence-corrected chi connectivity index (χ2v) is 10.6. The van der Waals surface area contributed by atoms with Gasteiger partial charge < -0.3 is 15.4 Å². The topological polar surface area (TPSA) is 93.5 Å². The highest BCUT2D eigenvalue weighted by molar-refractivity contribution is 9.11. The van der Waals surface area contributed by atoms with E-state index in [1.54, 1.807) is 12.1 Å². The minimum Gasteiger partial charge on any atom is -0.487 e. The zero-order valence-electron chi connectivity index (χ0n) is 18.6. The van der Waals surface area contributed by atoms with Crippen LogP contribution in [0, 0.1) is 10.1 Å². The number of carbonyl (C=O) groups excluding carboxylic acids is 1. The number of halogens is 2. The summed E-state index contributed by atoms with van der Waals surface area (Å²) in [5, 5.41) is 17.2. The first-order valence-corrected chi connectivity index (χ1v) is 13.2. The van der Waals surface area contributed by atoms with Crippen LogP contribution in [0.25, 0.3) is 6.08 Å². The van der Waals surface area contributed by atoms with E-state index in [0.29, 0.717) is 25.2 Å². The number of benzene rings is 3. The number of nitro groups is 1. The van der Waals surface area contributed by atoms with Gasteiger partial charge >= 0.3 is 0 Å². The molecule has 0 bridgehead atoms. The lowest BCUT2D eigenvalue weighted by molar-refractivity contribution is -0.384. The van der Waals surface area contributed by atoms with Crippen molar-refractivity contribution in [1.29, 1.82) is 0 Å². The van der Waals surface area contributed by atoms with Crippen molar-refractivity contribution >= 4 is 67.0 Å². The number of nitro benzene ring substituents is 1. The quantitative estimate of drug-likeness (QED) is 0.163. The molecule has 0 unspecified atom stereocenters. The molecule has 1 fully saturated rings. The SMILES string of the molecule is CCc1ccc(N[C@H]2NC(=O)/C(=C/c3cc(Br)c(OCc4cccc([N+](=O)[O-])c4)c(Br)c3)S2)cc1. The third-order valence-electron chi connectivity index (χ3n) is 5.21. The highest BCUT2D eigenvalue weighted by Crippen LogP contribution is 2.37. The van der Waals surface area contributed by atoms with Crippen molar-refractivity contribution < 1.29 is 14.5 Å². The van der Waals surface area contributed by atoms with Gasteiger partial charge in [-0.15, -0.1) is 0 Å². The van der Waals surface area contributed by atoms with E-state index in [1.165, 1.54) is 29.5 Å². The third kappa shape index (κ3) is 6.45. The summed E-state index contributed by atoms with van der Waals surface area (Å²) in [6.45, 7) is 2.28. The maximum Gasteiger partial charge on any atom is 0.269 e. The number of hydrogen-bond acceptors (Lipinski definition) is 6. The lowest BCUT2D eigenvalue weighted by Gasteiger charge is -2.13. The molecule has 10 heteroatoms. The summed E-state index contributed by atoms with van der Waals surface area (Å²) in [6, 6.07) is 18.2. The fraction of sp³-hybridized carbons (Fsp3) is 0.160. The van der Waals surface area contributed by atoms with Gasteiger partial charge in [-0.1, -0.05) is 43.0 Å². The number of aryl methyl sites for hydroxylation is 1. The van der Waals surface area contributed by atoms with Crippen molar-refractivity contribution in [3.8, 4) is 5.75 Å². The summed E-state index contributed by atoms with van der Waals surface area (Å²) in [7, 11) is 0. The highest BCUT2D eigenvalue weighted by Gasteiger charge is 2.27. The molecule has 0 spiro atoms. The zero-order chi connectivity index (χ0) is 24.9. The van der Waals surface area contributed by atoms with Gasteiger partial charge in [0.25, 0.3) is 11.6 Å². The summed E-state index contributed by atoms with van der Waals surface area (Å²) in [4.78, 5) is 23.7. The normalized spacial score (nSPS) is 16.3. The maximum absolute atomic E-state index is 12.5. The molecule has 0 aliphatic carbocycles. The van der Waals surface area contributed by atoms with Gasteiger partial charge in [0.15, 0.2) is 5.50 Å². The Hall–Kier alpha value is -2.82. The molecule has 180 valence electrons. The molecule has 4 rings (SSSR count). The number of nitrogens with one attached hydrogen (secondary N) is 2. The number of thioether (sulfide) groups is 1. The lowest BCUT2D eigenvalue weighted by Crippen LogP contribution is -2.30. The molecule has 0 aromatic heterocycles. The Bertz CT molecular complexity index is 1280. The number of nitrogens with zero attached hydrogens (tertiary/aromatic N) is 1. The Morgan fingerprint density at radius 2 is 1.83 bits per heavy atom. The van der Waals surface area contributed by atoms with Crippen LogP contribution < -0.4 is 15.4 Å². The van der Waals surface area contributed by atoms with Gasteiger partial charge in [-0.05, 0) is 85.3 Å². The number of amides is 1. The van der Waals surface area contributed by atoms with E-state index in [0.717, 1.165) is 17.7 Å². The Labute approximate surface area is 223 Å². The highest BCUT2D eigenvalue weighted by atomic mass is 79.9. The Morgan fingerprint density at radius 3 is 2.49 bits per heavy atom. The van der Waals surface area contributed by atoms with Crippen LogP contribution in [-0.2, 0) is 17.8 Å². The Kier molecular flexibility index (Phi) is 8.15. The third-order valence-corrected chi connectivity index (χ3v) is 7.42.